The first-order chi connectivity index (χ1) is 10.2. The zero-order chi connectivity index (χ0) is 16.4. The fraction of sp³-hybridized carbons (Fsp3) is 0.368. The molecule has 0 atom stereocenters. The van der Waals surface area contributed by atoms with Crippen LogP contribution >= 0.6 is 0 Å². The molecule has 0 N–H and O–H groups in total. The van der Waals surface area contributed by atoms with Crippen molar-refractivity contribution < 1.29 is 0 Å². The Morgan fingerprint density at radius 3 is 1.18 bits per heavy atom. The molecule has 0 fully saturated rings. The molecule has 0 aliphatic rings. The van der Waals surface area contributed by atoms with Crippen LogP contribution in [-0.2, 0) is 0 Å². The van der Waals surface area contributed by atoms with E-state index in [9.17, 15) is 0 Å². The summed E-state index contributed by atoms with van der Waals surface area (Å²) >= 11 is -2.00. The average Bonchev–Trinajstić information content (AvgIpc) is 2.44. The van der Waals surface area contributed by atoms with Crippen LogP contribution < -0.4 is 6.54 Å². The minimum absolute atomic E-state index is 1.03. The molecule has 0 amide bonds. The molecule has 0 aliphatic heterocycles. The molecule has 0 spiro atoms. The van der Waals surface area contributed by atoms with Gasteiger partial charge in [-0.05, 0) is 0 Å². The molecule has 0 aliphatic carbocycles. The first kappa shape index (κ1) is 18.1. The van der Waals surface area contributed by atoms with Crippen molar-refractivity contribution in [1.82, 2.24) is 0 Å². The predicted octanol–water partition coefficient (Wildman–Crippen LogP) is 4.42. The van der Waals surface area contributed by atoms with Gasteiger partial charge in [-0.25, -0.2) is 0 Å². The summed E-state index contributed by atoms with van der Waals surface area (Å²) in [6, 6.07) is 23.0. The molecule has 0 saturated carbocycles. The van der Waals surface area contributed by atoms with Crippen molar-refractivity contribution in [3.8, 4) is 0 Å². The SMILES string of the molecule is C[Si](C)(C)[CH]([Bi]([c]1ccccc1)[c]1ccccc1)[Si](C)(C)C. The Morgan fingerprint density at radius 2 is 0.909 bits per heavy atom. The minimum atomic E-state index is -2.00. The third-order valence-electron chi connectivity index (χ3n) is 3.97. The number of hydrogen-bond donors (Lipinski definition) is 0. The molecule has 3 heteroatoms. The van der Waals surface area contributed by atoms with E-state index in [0.717, 1.165) is 2.87 Å². The molecule has 2 rings (SSSR count). The van der Waals surface area contributed by atoms with Crippen LogP contribution in [0.1, 0.15) is 0 Å². The Labute approximate surface area is 146 Å². The summed E-state index contributed by atoms with van der Waals surface area (Å²) in [6.45, 7) is 15.6. The molecule has 0 unspecified atom stereocenters. The Balaban J connectivity index is 2.62. The van der Waals surface area contributed by atoms with E-state index in [2.05, 4.69) is 99.9 Å². The van der Waals surface area contributed by atoms with Crippen molar-refractivity contribution in [3.63, 3.8) is 0 Å². The molecule has 0 heterocycles. The van der Waals surface area contributed by atoms with Crippen LogP contribution in [0.5, 0.6) is 0 Å². The van der Waals surface area contributed by atoms with Crippen LogP contribution in [0.15, 0.2) is 60.7 Å². The second-order valence-electron chi connectivity index (χ2n) is 8.18. The van der Waals surface area contributed by atoms with E-state index in [1.807, 2.05) is 0 Å². The van der Waals surface area contributed by atoms with Gasteiger partial charge in [-0.15, -0.1) is 0 Å². The van der Waals surface area contributed by atoms with Gasteiger partial charge in [0.05, 0.1) is 0 Å². The van der Waals surface area contributed by atoms with Crippen LogP contribution in [0, 0.1) is 0 Å². The molecule has 0 bridgehead atoms. The summed E-state index contributed by atoms with van der Waals surface area (Å²) in [7, 11) is -2.40. The Morgan fingerprint density at radius 1 is 0.591 bits per heavy atom. The maximum atomic E-state index is 2.60. The van der Waals surface area contributed by atoms with Crippen molar-refractivity contribution in [2.24, 2.45) is 0 Å². The van der Waals surface area contributed by atoms with E-state index in [-0.39, 0.29) is 0 Å². The predicted molar refractivity (Wildman–Crippen MR) is 108 cm³/mol. The van der Waals surface area contributed by atoms with Gasteiger partial charge < -0.3 is 0 Å². The van der Waals surface area contributed by atoms with Crippen LogP contribution in [0.25, 0.3) is 0 Å². The Hall–Kier alpha value is -0.243. The first-order valence-corrected chi connectivity index (χ1v) is 20.7. The number of hydrogen-bond acceptors (Lipinski definition) is 0. The zero-order valence-corrected chi connectivity index (χ0v) is 20.3. The molecular formula is C19H29BiSi2. The van der Waals surface area contributed by atoms with E-state index >= 15 is 0 Å². The van der Waals surface area contributed by atoms with Crippen molar-refractivity contribution in [3.05, 3.63) is 60.7 Å². The monoisotopic (exact) mass is 522 g/mol. The molecule has 0 radical (unpaired) electrons. The van der Waals surface area contributed by atoms with Gasteiger partial charge in [0, 0.05) is 0 Å². The average molecular weight is 523 g/mol. The van der Waals surface area contributed by atoms with Crippen LogP contribution in [0.2, 0.25) is 42.2 Å². The van der Waals surface area contributed by atoms with E-state index in [1.165, 1.54) is 0 Å². The van der Waals surface area contributed by atoms with Crippen molar-refractivity contribution in [2.75, 3.05) is 0 Å². The Kier molecular flexibility index (Phi) is 5.85. The molecule has 22 heavy (non-hydrogen) atoms. The second kappa shape index (κ2) is 7.11. The zero-order valence-electron chi connectivity index (χ0n) is 14.8. The quantitative estimate of drug-likeness (QED) is 0.510. The topological polar surface area (TPSA) is 0 Å². The summed E-state index contributed by atoms with van der Waals surface area (Å²) in [5.41, 5.74) is 0. The van der Waals surface area contributed by atoms with Gasteiger partial charge in [0.2, 0.25) is 0 Å². The summed E-state index contributed by atoms with van der Waals surface area (Å²) in [6.07, 6.45) is 0. The third kappa shape index (κ3) is 4.40. The molecule has 118 valence electrons. The molecule has 0 saturated heterocycles. The number of rotatable bonds is 5. The van der Waals surface area contributed by atoms with E-state index in [1.54, 1.807) is 6.54 Å². The van der Waals surface area contributed by atoms with E-state index in [4.69, 9.17) is 0 Å². The van der Waals surface area contributed by atoms with Gasteiger partial charge in [-0.3, -0.25) is 0 Å². The van der Waals surface area contributed by atoms with Crippen LogP contribution in [-0.4, -0.2) is 37.9 Å². The van der Waals surface area contributed by atoms with Gasteiger partial charge in [-0.2, -0.15) is 0 Å². The van der Waals surface area contributed by atoms with Gasteiger partial charge >= 0.3 is 147 Å². The molecule has 0 aromatic heterocycles. The first-order valence-electron chi connectivity index (χ1n) is 8.10. The standard InChI is InChI=1S/C7H19Si2.2C6H5.Bi/c1-8(2,3)7-9(4,5)6;2*1-2-4-6-5-3-1;/h7H,1-6H3;2*1-5H;. The fourth-order valence-corrected chi connectivity index (χ4v) is 46.3. The van der Waals surface area contributed by atoms with Crippen molar-refractivity contribution in [2.45, 2.75) is 42.2 Å². The van der Waals surface area contributed by atoms with Crippen molar-refractivity contribution in [1.29, 1.82) is 0 Å². The maximum absolute atomic E-state index is 2.60. The van der Waals surface area contributed by atoms with Gasteiger partial charge in [0.1, 0.15) is 0 Å². The summed E-state index contributed by atoms with van der Waals surface area (Å²) in [5.74, 6) is 0. The van der Waals surface area contributed by atoms with E-state index in [0.29, 0.717) is 0 Å². The van der Waals surface area contributed by atoms with Crippen molar-refractivity contribution >= 4 is 44.4 Å². The molecule has 0 nitrogen and oxygen atoms in total. The van der Waals surface area contributed by atoms with E-state index < -0.39 is 37.9 Å². The summed E-state index contributed by atoms with van der Waals surface area (Å²) in [5, 5.41) is 0. The van der Waals surface area contributed by atoms with Gasteiger partial charge in [-0.1, -0.05) is 0 Å². The molecular weight excluding hydrogens is 493 g/mol. The summed E-state index contributed by atoms with van der Waals surface area (Å²) in [4.78, 5) is 0. The normalized spacial score (nSPS) is 12.9. The Bertz CT molecular complexity index is 529. The molecule has 2 aromatic carbocycles. The molecule has 2 aromatic rings. The third-order valence-corrected chi connectivity index (χ3v) is 43.7. The summed E-state index contributed by atoms with van der Waals surface area (Å²) < 4.78 is 4.41. The van der Waals surface area contributed by atoms with Gasteiger partial charge in [0.15, 0.2) is 0 Å². The second-order valence-corrected chi connectivity index (χ2v) is 32.2. The fourth-order valence-electron chi connectivity index (χ4n) is 3.70. The van der Waals surface area contributed by atoms with Gasteiger partial charge in [0.25, 0.3) is 0 Å². The van der Waals surface area contributed by atoms with Crippen LogP contribution in [0.4, 0.5) is 0 Å². The van der Waals surface area contributed by atoms with Crippen LogP contribution in [0.3, 0.4) is 0 Å². The number of benzene rings is 2.